The van der Waals surface area contributed by atoms with Crippen LogP contribution in [0, 0.1) is 66.4 Å². The largest absolute Gasteiger partial charge is 0.508 e. The van der Waals surface area contributed by atoms with Crippen LogP contribution in [-0.2, 0) is 71.3 Å². The summed E-state index contributed by atoms with van der Waals surface area (Å²) in [5.41, 5.74) is 43.4. The molecule has 0 spiro atoms. The predicted molar refractivity (Wildman–Crippen MR) is 609 cm³/mol. The molecule has 0 aliphatic carbocycles. The zero-order chi connectivity index (χ0) is 105. The van der Waals surface area contributed by atoms with Crippen molar-refractivity contribution in [2.75, 3.05) is 113 Å². The quantitative estimate of drug-likeness (QED) is 0.0690. The zero-order valence-electron chi connectivity index (χ0n) is 88.9. The molecular formula is C128H133N9O11. The van der Waals surface area contributed by atoms with Crippen molar-refractivity contribution in [3.05, 3.63) is 354 Å². The van der Waals surface area contributed by atoms with Gasteiger partial charge < -0.3 is 82.1 Å². The van der Waals surface area contributed by atoms with Crippen LogP contribution in [0.1, 0.15) is 117 Å². The van der Waals surface area contributed by atoms with Crippen molar-refractivity contribution < 1.29 is 48.1 Å². The fourth-order valence-electron chi connectivity index (χ4n) is 21.5. The van der Waals surface area contributed by atoms with Gasteiger partial charge >= 0.3 is 0 Å². The van der Waals surface area contributed by atoms with Crippen LogP contribution in [0.5, 0.6) is 51.7 Å². The smallest absolute Gasteiger partial charge is 0.258 e. The second-order valence-corrected chi connectivity index (χ2v) is 38.0. The van der Waals surface area contributed by atoms with Crippen LogP contribution in [0.4, 0.5) is 34.1 Å². The molecule has 148 heavy (non-hydrogen) atoms. The van der Waals surface area contributed by atoms with E-state index >= 15 is 0 Å². The maximum atomic E-state index is 12.8. The van der Waals surface area contributed by atoms with E-state index in [0.717, 1.165) is 125 Å². The molecule has 6 aliphatic heterocycles. The number of aromatic hydroxyl groups is 2. The number of rotatable bonds is 16. The van der Waals surface area contributed by atoms with Gasteiger partial charge in [-0.2, -0.15) is 5.10 Å². The average molecular weight is 1970 g/mol. The number of hydrogen-bond acceptors (Lipinski definition) is 18. The molecule has 20 heteroatoms. The zero-order valence-corrected chi connectivity index (χ0v) is 88.9. The molecule has 2 aromatic heterocycles. The Bertz CT molecular complexity index is 7740. The summed E-state index contributed by atoms with van der Waals surface area (Å²) in [6.07, 6.45) is 20.8. The lowest BCUT2D eigenvalue weighted by molar-refractivity contribution is 0.265. The van der Waals surface area contributed by atoms with Gasteiger partial charge in [0.2, 0.25) is 0 Å². The minimum atomic E-state index is -0.0505. The molecule has 0 bridgehead atoms. The number of phenolic OH excluding ortho intramolecular Hbond substituents is 2. The summed E-state index contributed by atoms with van der Waals surface area (Å²) < 4.78 is 47.0. The number of hydrogen-bond donors (Lipinski definition) is 2. The first kappa shape index (κ1) is 104. The fraction of sp³-hybridized carbons (Fsp3) is 0.250. The van der Waals surface area contributed by atoms with Crippen LogP contribution in [0.25, 0.3) is 101 Å². The Hall–Kier alpha value is -16.8. The summed E-state index contributed by atoms with van der Waals surface area (Å²) in [4.78, 5) is 26.7. The number of aryl methyl sites for hydroxylation is 8. The van der Waals surface area contributed by atoms with Crippen LogP contribution in [0.3, 0.4) is 0 Å². The number of pyridine rings is 1. The number of aromatic nitrogens is 3. The van der Waals surface area contributed by atoms with Crippen molar-refractivity contribution in [2.45, 2.75) is 122 Å². The normalized spacial score (nSPS) is 12.5. The molecule has 0 radical (unpaired) electrons. The maximum absolute atomic E-state index is 12.8. The van der Waals surface area contributed by atoms with Crippen LogP contribution >= 0.6 is 0 Å². The summed E-state index contributed by atoms with van der Waals surface area (Å²) in [5.74, 6) is 8.04. The Labute approximate surface area is 871 Å². The number of anilines is 6. The number of fused-ring (bicyclic) bond motifs is 21. The monoisotopic (exact) mass is 1970 g/mol. The fourth-order valence-corrected chi connectivity index (χ4v) is 21.5. The van der Waals surface area contributed by atoms with Crippen LogP contribution < -0.4 is 68.1 Å². The molecule has 0 unspecified atom stereocenters. The molecular weight excluding hydrogens is 1840 g/mol. The highest BCUT2D eigenvalue weighted by Gasteiger charge is 2.31. The van der Waals surface area contributed by atoms with Crippen molar-refractivity contribution in [3.8, 4) is 143 Å². The Morgan fingerprint density at radius 1 is 0.372 bits per heavy atom. The Balaban J connectivity index is 0.000000123. The van der Waals surface area contributed by atoms with Gasteiger partial charge in [0.25, 0.3) is 5.56 Å². The Kier molecular flexibility index (Phi) is 32.4. The number of para-hydroxylation sites is 7. The summed E-state index contributed by atoms with van der Waals surface area (Å²) in [6.45, 7) is 29.6. The topological polar surface area (TPSA) is 174 Å². The molecule has 20 nitrogen and oxygen atoms in total. The lowest BCUT2D eigenvalue weighted by atomic mass is 9.90. The van der Waals surface area contributed by atoms with Gasteiger partial charge in [-0.15, -0.1) is 6.42 Å². The first-order valence-electron chi connectivity index (χ1n) is 50.1. The molecule has 756 valence electrons. The third-order valence-corrected chi connectivity index (χ3v) is 28.3. The Morgan fingerprint density at radius 3 is 1.26 bits per heavy atom. The van der Waals surface area contributed by atoms with Crippen LogP contribution in [-0.4, -0.2) is 108 Å². The summed E-state index contributed by atoms with van der Waals surface area (Å²) in [7, 11) is 20.4. The van der Waals surface area contributed by atoms with Gasteiger partial charge in [0.1, 0.15) is 48.9 Å². The standard InChI is InChI=1S/C21H23N3O.C19H19NO3.C19H21NO2.2C18H17NO.C17H19NO2.C16H17NO/c1-14-6-5-7-20-19-9-8-18(11-16(19)12-23(3)21(14)20)25-13-17-10-15(2)24(4)22-17;1-5-7-12-8-6-9-13-14-10-16(22-3)17(23-4)11-15(14)19(21)20(2)18(12)13;1-5-7-13-8-6-9-15-16-11-18(22-4)17(21-3)10-14(16)12-20(2)19(13)15;1-4-20-12-14-8-9-16-15(10-14)11-19(3)18-13(2)6-5-7-17(16)18;1-4-10-20-15-8-9-16-14(11-15)12-19(3)18-13(2)6-5-7-17(16)18;1-4-18-10-12-8-15(19)16(20-3)9-14(12)13-7-5-6-11(2)17(13)18;1-3-17-10-12-9-13(18)7-8-14(12)15-6-4-5-11(2)16(15)17/h5-11H,12-13H2,1-4H3;5-11H,1-4H3;5-11H,12H2,1-4H3;1,5-10H,11-12H2,2-3H3;1,5-9,11H,10,12H2,2-3H3;5-9,19H,4,10H2,1-3H3;4-9,18H,3,10H2,1-2H3/b;2*7-5+;;;;. The van der Waals surface area contributed by atoms with Gasteiger partial charge in [-0.25, -0.2) is 0 Å². The van der Waals surface area contributed by atoms with Gasteiger partial charge in [-0.1, -0.05) is 194 Å². The molecule has 22 rings (SSSR count). The molecule has 8 heterocycles. The average Bonchev–Trinajstić information content (AvgIpc) is 0.751. The van der Waals surface area contributed by atoms with Gasteiger partial charge in [0, 0.05) is 173 Å². The summed E-state index contributed by atoms with van der Waals surface area (Å²) in [6, 6.07) is 83.0. The maximum Gasteiger partial charge on any atom is 0.258 e. The third-order valence-electron chi connectivity index (χ3n) is 28.3. The summed E-state index contributed by atoms with van der Waals surface area (Å²) in [5, 5.41) is 26.6. The lowest BCUT2D eigenvalue weighted by Crippen LogP contribution is -2.26. The highest BCUT2D eigenvalue weighted by Crippen LogP contribution is 2.51. The summed E-state index contributed by atoms with van der Waals surface area (Å²) >= 11 is 0. The van der Waals surface area contributed by atoms with Gasteiger partial charge in [-0.3, -0.25) is 9.48 Å². The van der Waals surface area contributed by atoms with E-state index in [4.69, 9.17) is 50.7 Å². The second-order valence-electron chi connectivity index (χ2n) is 38.0. The highest BCUT2D eigenvalue weighted by molar-refractivity contribution is 6.09. The van der Waals surface area contributed by atoms with E-state index in [9.17, 15) is 15.0 Å². The first-order valence-corrected chi connectivity index (χ1v) is 50.1. The predicted octanol–water partition coefficient (Wildman–Crippen LogP) is 27.1. The second kappa shape index (κ2) is 46.0. The minimum Gasteiger partial charge on any atom is -0.508 e. The van der Waals surface area contributed by atoms with E-state index in [-0.39, 0.29) is 11.3 Å². The van der Waals surface area contributed by atoms with Crippen LogP contribution in [0.15, 0.2) is 260 Å². The molecule has 6 aliphatic rings. The molecule has 0 saturated carbocycles. The van der Waals surface area contributed by atoms with Crippen molar-refractivity contribution in [1.82, 2.24) is 14.3 Å². The molecule has 2 N–H and O–H groups in total. The van der Waals surface area contributed by atoms with Crippen LogP contribution in [0.2, 0.25) is 0 Å². The van der Waals surface area contributed by atoms with Gasteiger partial charge in [0.05, 0.1) is 52.1 Å². The third kappa shape index (κ3) is 21.5. The number of benzene rings is 14. The highest BCUT2D eigenvalue weighted by atomic mass is 16.5. The Morgan fingerprint density at radius 2 is 0.770 bits per heavy atom. The van der Waals surface area contributed by atoms with Gasteiger partial charge in [0.15, 0.2) is 34.5 Å². The van der Waals surface area contributed by atoms with E-state index in [1.165, 1.54) is 157 Å². The number of allylic oxidation sites excluding steroid dienone is 2. The van der Waals surface area contributed by atoms with E-state index < -0.39 is 0 Å². The number of ether oxygens (including phenoxy) is 8. The van der Waals surface area contributed by atoms with E-state index in [1.807, 2.05) is 99.3 Å². The SMILES string of the molecule is C#CCOc1ccc2c(c1)CN(C)c1c(C)cccc1-2.C#COCc1ccc2c(c1)CN(C)c1c(C)cccc1-2.C/C=C/c1cccc2c1N(C)Cc1cc(OC)c(OC)cc1-2.C/C=C/c1cccc2c3cc(OC)c(OC)cc3c(=O)n(C)c12.CCN1Cc2cc(O)c(OC)cc2-c2cccc(C)c21.CCN1Cc2cc(O)ccc2-c2cccc(C)c21.Cc1cccc2c1N(C)Cc1cc(OCc3cc(C)n(C)n3)ccc1-2. The number of phenols is 2. The number of terminal acetylenes is 2. The lowest BCUT2D eigenvalue weighted by Gasteiger charge is -2.33. The number of nitrogens with zero attached hydrogens (tertiary/aromatic N) is 9. The minimum absolute atomic E-state index is 0.0505. The molecule has 14 aromatic carbocycles. The van der Waals surface area contributed by atoms with E-state index in [1.54, 1.807) is 59.3 Å². The van der Waals surface area contributed by atoms with E-state index in [0.29, 0.717) is 48.2 Å². The molecule has 0 fully saturated rings. The molecule has 0 amide bonds. The number of methoxy groups -OCH3 is 5. The van der Waals surface area contributed by atoms with E-state index in [2.05, 4.69) is 311 Å². The molecule has 0 atom stereocenters. The van der Waals surface area contributed by atoms with Crippen molar-refractivity contribution in [2.24, 2.45) is 14.1 Å². The van der Waals surface area contributed by atoms with Crippen molar-refractivity contribution in [1.29, 1.82) is 0 Å². The van der Waals surface area contributed by atoms with Crippen molar-refractivity contribution in [3.63, 3.8) is 0 Å². The molecule has 0 saturated heterocycles. The molecule has 16 aromatic rings. The first-order chi connectivity index (χ1) is 71.6. The van der Waals surface area contributed by atoms with Crippen molar-refractivity contribution >= 4 is 68.0 Å². The van der Waals surface area contributed by atoms with Gasteiger partial charge in [-0.05, 0) is 265 Å².